The van der Waals surface area contributed by atoms with Crippen molar-refractivity contribution in [2.24, 2.45) is 0 Å². The molecule has 0 saturated carbocycles. The molecule has 0 unspecified atom stereocenters. The number of carbonyl (C=O) groups excluding carboxylic acids is 3. The van der Waals surface area contributed by atoms with Gasteiger partial charge in [0.25, 0.3) is 11.8 Å². The third kappa shape index (κ3) is 4.59. The van der Waals surface area contributed by atoms with Gasteiger partial charge in [-0.2, -0.15) is 0 Å². The van der Waals surface area contributed by atoms with Gasteiger partial charge in [0.05, 0.1) is 12.7 Å². The fourth-order valence-electron chi connectivity index (χ4n) is 1.84. The van der Waals surface area contributed by atoms with E-state index < -0.39 is 12.0 Å². The average Bonchev–Trinajstić information content (AvgIpc) is 3.03. The molecule has 2 N–H and O–H groups in total. The van der Waals surface area contributed by atoms with Gasteiger partial charge in [0.1, 0.15) is 5.00 Å². The number of carbonyl (C=O) groups is 3. The van der Waals surface area contributed by atoms with Crippen molar-refractivity contribution in [3.63, 3.8) is 0 Å². The lowest BCUT2D eigenvalue weighted by atomic mass is 10.2. The Kier molecular flexibility index (Phi) is 6.39. The second-order valence-electron chi connectivity index (χ2n) is 4.52. The van der Waals surface area contributed by atoms with Crippen LogP contribution in [0.2, 0.25) is 0 Å². The Morgan fingerprint density at radius 1 is 1.12 bits per heavy atom. The second-order valence-corrected chi connectivity index (χ2v) is 6.77. The van der Waals surface area contributed by atoms with E-state index in [0.29, 0.717) is 10.6 Å². The summed E-state index contributed by atoms with van der Waals surface area (Å²) in [4.78, 5) is 36.5. The highest BCUT2D eigenvalue weighted by molar-refractivity contribution is 7.99. The number of benzene rings is 1. The van der Waals surface area contributed by atoms with Crippen molar-refractivity contribution in [1.29, 1.82) is 0 Å². The summed E-state index contributed by atoms with van der Waals surface area (Å²) in [6.45, 7) is 2.06. The molecular formula is C16H16N2O4S2. The third-order valence-electron chi connectivity index (χ3n) is 2.97. The highest BCUT2D eigenvalue weighted by atomic mass is 32.2. The van der Waals surface area contributed by atoms with Crippen LogP contribution in [-0.4, -0.2) is 30.8 Å². The van der Waals surface area contributed by atoms with Gasteiger partial charge in [-0.1, -0.05) is 6.92 Å². The number of ether oxygens (including phenoxy) is 1. The predicted molar refractivity (Wildman–Crippen MR) is 95.0 cm³/mol. The van der Waals surface area contributed by atoms with Gasteiger partial charge in [-0.05, 0) is 41.5 Å². The number of anilines is 1. The highest BCUT2D eigenvalue weighted by Crippen LogP contribution is 2.24. The molecule has 1 aromatic heterocycles. The molecule has 8 heteroatoms. The first-order valence-corrected chi connectivity index (χ1v) is 8.92. The van der Waals surface area contributed by atoms with E-state index in [1.807, 2.05) is 12.1 Å². The fourth-order valence-corrected chi connectivity index (χ4v) is 3.28. The minimum atomic E-state index is -0.854. The van der Waals surface area contributed by atoms with Crippen molar-refractivity contribution < 1.29 is 19.1 Å². The molecule has 6 nitrogen and oxygen atoms in total. The van der Waals surface area contributed by atoms with Crippen LogP contribution in [0.4, 0.5) is 9.80 Å². The summed E-state index contributed by atoms with van der Waals surface area (Å²) in [5.41, 5.74) is 0.695. The van der Waals surface area contributed by atoms with E-state index in [-0.39, 0.29) is 11.5 Å². The first-order chi connectivity index (χ1) is 11.5. The molecule has 0 spiro atoms. The molecule has 1 heterocycles. The number of hydrogen-bond acceptors (Lipinski definition) is 6. The largest absolute Gasteiger partial charge is 0.453 e. The number of methoxy groups -OCH3 is 1. The molecule has 2 rings (SSSR count). The smallest absolute Gasteiger partial charge is 0.413 e. The second kappa shape index (κ2) is 8.51. The Hall–Kier alpha value is -2.32. The first kappa shape index (κ1) is 18.0. The van der Waals surface area contributed by atoms with Crippen LogP contribution in [0.25, 0.3) is 0 Å². The summed E-state index contributed by atoms with van der Waals surface area (Å²) >= 11 is 2.89. The van der Waals surface area contributed by atoms with Gasteiger partial charge in [0.15, 0.2) is 0 Å². The molecule has 0 bridgehead atoms. The van der Waals surface area contributed by atoms with E-state index in [9.17, 15) is 14.4 Å². The van der Waals surface area contributed by atoms with Crippen LogP contribution in [0.15, 0.2) is 40.6 Å². The number of rotatable bonds is 5. The summed E-state index contributed by atoms with van der Waals surface area (Å²) < 4.78 is 4.38. The van der Waals surface area contributed by atoms with Gasteiger partial charge in [0, 0.05) is 10.5 Å². The van der Waals surface area contributed by atoms with Gasteiger partial charge in [-0.3, -0.25) is 14.9 Å². The molecule has 0 aliphatic rings. The summed E-state index contributed by atoms with van der Waals surface area (Å²) in [5.74, 6) is 0.00470. The zero-order chi connectivity index (χ0) is 17.5. The Balaban J connectivity index is 2.08. The molecule has 0 fully saturated rings. The topological polar surface area (TPSA) is 84.5 Å². The average molecular weight is 364 g/mol. The maximum atomic E-state index is 12.3. The molecule has 1 aromatic carbocycles. The number of thioether (sulfide) groups is 1. The van der Waals surface area contributed by atoms with Crippen molar-refractivity contribution in [3.8, 4) is 0 Å². The molecule has 3 amide bonds. The van der Waals surface area contributed by atoms with E-state index in [1.54, 1.807) is 29.3 Å². The van der Waals surface area contributed by atoms with Crippen molar-refractivity contribution in [3.05, 3.63) is 46.8 Å². The van der Waals surface area contributed by atoms with Gasteiger partial charge in [0.2, 0.25) is 0 Å². The first-order valence-electron chi connectivity index (χ1n) is 7.06. The van der Waals surface area contributed by atoms with E-state index in [4.69, 9.17) is 0 Å². The Morgan fingerprint density at radius 2 is 1.83 bits per heavy atom. The molecule has 0 aliphatic carbocycles. The highest BCUT2D eigenvalue weighted by Gasteiger charge is 2.18. The molecular weight excluding hydrogens is 348 g/mol. The minimum Gasteiger partial charge on any atom is -0.453 e. The minimum absolute atomic E-state index is 0.205. The Morgan fingerprint density at radius 3 is 2.46 bits per heavy atom. The number of imide groups is 1. The Labute approximate surface area is 147 Å². The van der Waals surface area contributed by atoms with Gasteiger partial charge in [-0.15, -0.1) is 23.1 Å². The van der Waals surface area contributed by atoms with Gasteiger partial charge in [-0.25, -0.2) is 4.79 Å². The molecule has 0 saturated heterocycles. The number of nitrogens with one attached hydrogen (secondary N) is 2. The number of thiophene rings is 1. The maximum Gasteiger partial charge on any atom is 0.413 e. The zero-order valence-corrected chi connectivity index (χ0v) is 14.8. The fraction of sp³-hybridized carbons (Fsp3) is 0.188. The summed E-state index contributed by atoms with van der Waals surface area (Å²) in [6.07, 6.45) is -0.854. The lowest BCUT2D eigenvalue weighted by Gasteiger charge is -2.07. The molecule has 0 atom stereocenters. The predicted octanol–water partition coefficient (Wildman–Crippen LogP) is 3.61. The normalized spacial score (nSPS) is 10.1. The van der Waals surface area contributed by atoms with Crippen LogP contribution in [-0.2, 0) is 4.74 Å². The zero-order valence-electron chi connectivity index (χ0n) is 13.1. The van der Waals surface area contributed by atoms with E-state index in [1.165, 1.54) is 24.5 Å². The molecule has 126 valence electrons. The Bertz CT molecular complexity index is 741. The van der Waals surface area contributed by atoms with Crippen LogP contribution < -0.4 is 10.6 Å². The molecule has 24 heavy (non-hydrogen) atoms. The maximum absolute atomic E-state index is 12.3. The van der Waals surface area contributed by atoms with Gasteiger partial charge < -0.3 is 10.1 Å². The van der Waals surface area contributed by atoms with Gasteiger partial charge >= 0.3 is 6.09 Å². The lowest BCUT2D eigenvalue weighted by Crippen LogP contribution is -2.30. The standard InChI is InChI=1S/C16H16N2O4S2/c1-3-23-11-6-4-10(5-7-11)13(19)17-15-12(8-9-24-15)14(20)18-16(21)22-2/h4-9H,3H2,1-2H3,(H,17,19)(H,18,20,21). The quantitative estimate of drug-likeness (QED) is 0.792. The van der Waals surface area contributed by atoms with E-state index >= 15 is 0 Å². The van der Waals surface area contributed by atoms with Crippen LogP contribution in [0, 0.1) is 0 Å². The number of amides is 3. The van der Waals surface area contributed by atoms with E-state index in [2.05, 4.69) is 22.3 Å². The summed E-state index contributed by atoms with van der Waals surface area (Å²) in [6, 6.07) is 8.74. The van der Waals surface area contributed by atoms with Crippen molar-refractivity contribution in [1.82, 2.24) is 5.32 Å². The van der Waals surface area contributed by atoms with Crippen LogP contribution in [0.1, 0.15) is 27.6 Å². The van der Waals surface area contributed by atoms with Crippen LogP contribution >= 0.6 is 23.1 Å². The van der Waals surface area contributed by atoms with Crippen molar-refractivity contribution in [2.75, 3.05) is 18.2 Å². The van der Waals surface area contributed by atoms with Crippen molar-refractivity contribution >= 4 is 46.0 Å². The number of alkyl carbamates (subject to hydrolysis) is 1. The summed E-state index contributed by atoms with van der Waals surface area (Å²) in [5, 5.41) is 6.77. The molecule has 0 radical (unpaired) electrons. The molecule has 2 aromatic rings. The summed E-state index contributed by atoms with van der Waals surface area (Å²) in [7, 11) is 1.17. The van der Waals surface area contributed by atoms with E-state index in [0.717, 1.165) is 10.6 Å². The molecule has 0 aliphatic heterocycles. The lowest BCUT2D eigenvalue weighted by molar-refractivity contribution is 0.0938. The van der Waals surface area contributed by atoms with Crippen LogP contribution in [0.3, 0.4) is 0 Å². The monoisotopic (exact) mass is 364 g/mol. The van der Waals surface area contributed by atoms with Crippen molar-refractivity contribution in [2.45, 2.75) is 11.8 Å². The van der Waals surface area contributed by atoms with Crippen LogP contribution in [0.5, 0.6) is 0 Å². The third-order valence-corrected chi connectivity index (χ3v) is 4.69. The number of hydrogen-bond donors (Lipinski definition) is 2. The SMILES string of the molecule is CCSc1ccc(C(=O)Nc2sccc2C(=O)NC(=O)OC)cc1.